The number of fused-ring (bicyclic) bond motifs is 5. The topological polar surface area (TPSA) is 55.4 Å². The maximum atomic E-state index is 13.7. The summed E-state index contributed by atoms with van der Waals surface area (Å²) < 4.78 is 3.74. The minimum atomic E-state index is -0.0312. The molecule has 0 amide bonds. The highest BCUT2D eigenvalue weighted by Crippen LogP contribution is 2.35. The van der Waals surface area contributed by atoms with Crippen molar-refractivity contribution in [2.45, 2.75) is 31.5 Å². The van der Waals surface area contributed by atoms with Crippen molar-refractivity contribution < 1.29 is 0 Å². The lowest BCUT2D eigenvalue weighted by Crippen LogP contribution is -2.27. The summed E-state index contributed by atoms with van der Waals surface area (Å²) in [4.78, 5) is 18.2. The minimum Gasteiger partial charge on any atom is -0.301 e. The predicted octanol–water partition coefficient (Wildman–Crippen LogP) is 4.24. The van der Waals surface area contributed by atoms with Gasteiger partial charge in [0, 0.05) is 28.7 Å². The molecule has 0 spiro atoms. The average Bonchev–Trinajstić information content (AvgIpc) is 3.28. The van der Waals surface area contributed by atoms with E-state index in [1.807, 2.05) is 12.1 Å². The number of thiophene rings is 1. The van der Waals surface area contributed by atoms with E-state index in [1.165, 1.54) is 10.4 Å². The third-order valence-electron chi connectivity index (χ3n) is 5.19. The fourth-order valence-corrected chi connectivity index (χ4v) is 6.18. The maximum absolute atomic E-state index is 13.7. The predicted molar refractivity (Wildman–Crippen MR) is 120 cm³/mol. The van der Waals surface area contributed by atoms with Crippen molar-refractivity contribution in [3.8, 4) is 5.69 Å². The molecule has 0 N–H and O–H groups in total. The Labute approximate surface area is 181 Å². The van der Waals surface area contributed by atoms with E-state index in [-0.39, 0.29) is 5.56 Å². The Kier molecular flexibility index (Phi) is 4.90. The monoisotopic (exact) mass is 445 g/mol. The first-order chi connectivity index (χ1) is 14.1. The summed E-state index contributed by atoms with van der Waals surface area (Å²) >= 11 is 9.46. The van der Waals surface area contributed by atoms with Crippen molar-refractivity contribution in [3.63, 3.8) is 0 Å². The first-order valence-corrected chi connectivity index (χ1v) is 11.8. The van der Waals surface area contributed by atoms with E-state index in [2.05, 4.69) is 33.5 Å². The van der Waals surface area contributed by atoms with Crippen LogP contribution in [0.3, 0.4) is 0 Å². The SMILES string of the molecule is CCCSc1nnc2n(-c3ccc(Cl)cc3)c(=O)c3c4c(sc3n12)CN(C)CC4. The van der Waals surface area contributed by atoms with Crippen LogP contribution in [0.4, 0.5) is 0 Å². The number of likely N-dealkylation sites (N-methyl/N-ethyl adjacent to an activating group) is 1. The molecule has 0 bridgehead atoms. The normalized spacial score (nSPS) is 14.7. The summed E-state index contributed by atoms with van der Waals surface area (Å²) in [6, 6.07) is 7.31. The van der Waals surface area contributed by atoms with Crippen LogP contribution in [0, 0.1) is 0 Å². The molecular weight excluding hydrogens is 426 g/mol. The molecule has 29 heavy (non-hydrogen) atoms. The number of aromatic nitrogens is 4. The van der Waals surface area contributed by atoms with E-state index in [0.29, 0.717) is 10.8 Å². The maximum Gasteiger partial charge on any atom is 0.268 e. The third kappa shape index (κ3) is 3.09. The van der Waals surface area contributed by atoms with Crippen LogP contribution in [-0.2, 0) is 13.0 Å². The molecule has 0 atom stereocenters. The first kappa shape index (κ1) is 19.1. The molecular formula is C20H20ClN5OS2. The van der Waals surface area contributed by atoms with Gasteiger partial charge in [0.15, 0.2) is 5.16 Å². The number of nitrogens with zero attached hydrogens (tertiary/aromatic N) is 5. The Morgan fingerprint density at radius 1 is 1.24 bits per heavy atom. The summed E-state index contributed by atoms with van der Waals surface area (Å²) in [5, 5.41) is 11.1. The lowest BCUT2D eigenvalue weighted by molar-refractivity contribution is 0.318. The summed E-state index contributed by atoms with van der Waals surface area (Å²) in [6.07, 6.45) is 1.93. The van der Waals surface area contributed by atoms with Gasteiger partial charge in [0.2, 0.25) is 5.78 Å². The van der Waals surface area contributed by atoms with Gasteiger partial charge in [-0.1, -0.05) is 30.3 Å². The van der Waals surface area contributed by atoms with E-state index in [9.17, 15) is 4.79 Å². The molecule has 1 aliphatic heterocycles. The highest BCUT2D eigenvalue weighted by molar-refractivity contribution is 7.99. The zero-order valence-corrected chi connectivity index (χ0v) is 18.6. The lowest BCUT2D eigenvalue weighted by atomic mass is 10.1. The van der Waals surface area contributed by atoms with Crippen molar-refractivity contribution in [3.05, 3.63) is 50.1 Å². The number of thioether (sulfide) groups is 1. The van der Waals surface area contributed by atoms with E-state index < -0.39 is 0 Å². The van der Waals surface area contributed by atoms with Crippen LogP contribution in [-0.4, -0.2) is 43.4 Å². The Morgan fingerprint density at radius 3 is 2.79 bits per heavy atom. The first-order valence-electron chi connectivity index (χ1n) is 9.60. The Balaban J connectivity index is 1.88. The summed E-state index contributed by atoms with van der Waals surface area (Å²) in [6.45, 7) is 3.97. The Hall–Kier alpha value is -1.87. The second-order valence-electron chi connectivity index (χ2n) is 7.26. The molecule has 150 valence electrons. The second kappa shape index (κ2) is 7.43. The van der Waals surface area contributed by atoms with Gasteiger partial charge in [-0.2, -0.15) is 0 Å². The number of rotatable bonds is 4. The Morgan fingerprint density at radius 2 is 2.03 bits per heavy atom. The summed E-state index contributed by atoms with van der Waals surface area (Å²) in [5.41, 5.74) is 1.90. The van der Waals surface area contributed by atoms with Gasteiger partial charge < -0.3 is 4.90 Å². The van der Waals surface area contributed by atoms with E-state index in [4.69, 9.17) is 11.6 Å². The number of benzene rings is 1. The van der Waals surface area contributed by atoms with E-state index in [0.717, 1.165) is 52.7 Å². The van der Waals surface area contributed by atoms with Gasteiger partial charge in [-0.3, -0.25) is 4.79 Å². The van der Waals surface area contributed by atoms with Crippen molar-refractivity contribution in [2.24, 2.45) is 0 Å². The molecule has 4 aromatic rings. The lowest BCUT2D eigenvalue weighted by Gasteiger charge is -2.21. The Bertz CT molecular complexity index is 1270. The van der Waals surface area contributed by atoms with Gasteiger partial charge in [0.05, 0.1) is 11.1 Å². The summed E-state index contributed by atoms with van der Waals surface area (Å²) in [5.74, 6) is 1.51. The molecule has 0 aliphatic carbocycles. The van der Waals surface area contributed by atoms with Crippen LogP contribution < -0.4 is 5.56 Å². The van der Waals surface area contributed by atoms with E-state index >= 15 is 0 Å². The van der Waals surface area contributed by atoms with Gasteiger partial charge in [0.1, 0.15) is 4.83 Å². The zero-order chi connectivity index (χ0) is 20.1. The van der Waals surface area contributed by atoms with Crippen molar-refractivity contribution in [1.82, 2.24) is 24.1 Å². The fraction of sp³-hybridized carbons (Fsp3) is 0.350. The van der Waals surface area contributed by atoms with Gasteiger partial charge in [0.25, 0.3) is 5.56 Å². The van der Waals surface area contributed by atoms with Gasteiger partial charge in [-0.05, 0) is 49.7 Å². The van der Waals surface area contributed by atoms with Gasteiger partial charge >= 0.3 is 0 Å². The molecule has 0 saturated heterocycles. The molecule has 0 fully saturated rings. The molecule has 1 aliphatic rings. The quantitative estimate of drug-likeness (QED) is 0.440. The largest absolute Gasteiger partial charge is 0.301 e. The molecule has 4 heterocycles. The van der Waals surface area contributed by atoms with Crippen LogP contribution in [0.25, 0.3) is 21.7 Å². The molecule has 0 unspecified atom stereocenters. The number of hydrogen-bond acceptors (Lipinski definition) is 6. The van der Waals surface area contributed by atoms with Gasteiger partial charge in [-0.25, -0.2) is 8.97 Å². The van der Waals surface area contributed by atoms with Gasteiger partial charge in [-0.15, -0.1) is 21.5 Å². The summed E-state index contributed by atoms with van der Waals surface area (Å²) in [7, 11) is 2.12. The molecule has 3 aromatic heterocycles. The smallest absolute Gasteiger partial charge is 0.268 e. The van der Waals surface area contributed by atoms with Crippen LogP contribution in [0.2, 0.25) is 5.02 Å². The minimum absolute atomic E-state index is 0.0312. The van der Waals surface area contributed by atoms with Crippen molar-refractivity contribution >= 4 is 50.7 Å². The highest BCUT2D eigenvalue weighted by atomic mass is 35.5. The standard InChI is InChI=1S/C20H20ClN5OS2/c1-3-10-28-20-23-22-19-25(13-6-4-12(21)5-7-13)17(27)16-14-8-9-24(2)11-15(14)29-18(16)26(19)20/h4-7H,3,8-11H2,1-2H3. The van der Waals surface area contributed by atoms with Crippen LogP contribution >= 0.6 is 34.7 Å². The number of hydrogen-bond donors (Lipinski definition) is 0. The molecule has 9 heteroatoms. The van der Waals surface area contributed by atoms with E-state index in [1.54, 1.807) is 39.8 Å². The second-order valence-corrected chi connectivity index (χ2v) is 9.84. The molecule has 0 radical (unpaired) electrons. The van der Waals surface area contributed by atoms with Crippen LogP contribution in [0.5, 0.6) is 0 Å². The fourth-order valence-electron chi connectivity index (χ4n) is 3.79. The molecule has 6 nitrogen and oxygen atoms in total. The molecule has 5 rings (SSSR count). The average molecular weight is 446 g/mol. The van der Waals surface area contributed by atoms with Crippen molar-refractivity contribution in [1.29, 1.82) is 0 Å². The van der Waals surface area contributed by atoms with Crippen molar-refractivity contribution in [2.75, 3.05) is 19.3 Å². The zero-order valence-electron chi connectivity index (χ0n) is 16.2. The highest BCUT2D eigenvalue weighted by Gasteiger charge is 2.26. The third-order valence-corrected chi connectivity index (χ3v) is 7.77. The molecule has 1 aromatic carbocycles. The van der Waals surface area contributed by atoms with Crippen LogP contribution in [0.1, 0.15) is 23.8 Å². The van der Waals surface area contributed by atoms with Crippen LogP contribution in [0.15, 0.2) is 34.2 Å². The number of halogens is 1. The molecule has 0 saturated carbocycles.